The molecule has 4 nitrogen and oxygen atoms in total. The molecule has 0 bridgehead atoms. The number of alkyl halides is 3. The quantitative estimate of drug-likeness (QED) is 0.931. The Labute approximate surface area is 126 Å². The van der Waals surface area contributed by atoms with Crippen molar-refractivity contribution < 1.29 is 22.7 Å². The molecule has 120 valence electrons. The summed E-state index contributed by atoms with van der Waals surface area (Å²) in [5.41, 5.74) is 6.23. The molecule has 22 heavy (non-hydrogen) atoms. The smallest absolute Gasteiger partial charge is 0.405 e. The van der Waals surface area contributed by atoms with Gasteiger partial charge in [-0.1, -0.05) is 18.2 Å². The van der Waals surface area contributed by atoms with Crippen LogP contribution in [-0.4, -0.2) is 36.3 Å². The first kappa shape index (κ1) is 15.1. The van der Waals surface area contributed by atoms with Crippen molar-refractivity contribution in [1.29, 1.82) is 0 Å². The number of rotatable bonds is 3. The average Bonchev–Trinajstić information content (AvgIpc) is 3.11. The molecule has 0 spiro atoms. The van der Waals surface area contributed by atoms with E-state index in [0.29, 0.717) is 25.1 Å². The maximum Gasteiger partial charge on any atom is 0.573 e. The summed E-state index contributed by atoms with van der Waals surface area (Å²) in [6.07, 6.45) is -3.40. The standard InChI is InChI=1S/C15H17F3N2O2/c16-15(17,18)22-13-4-2-1-3-10(13)11-7-12(11)14(21)20-6-5-9(19)8-20/h1-4,9,11-12H,5-8,19H2/t9-,11+,12+/m0/s1. The van der Waals surface area contributed by atoms with Gasteiger partial charge in [0.2, 0.25) is 5.91 Å². The van der Waals surface area contributed by atoms with Crippen LogP contribution in [0.5, 0.6) is 5.75 Å². The van der Waals surface area contributed by atoms with Crippen molar-refractivity contribution in [1.82, 2.24) is 4.90 Å². The summed E-state index contributed by atoms with van der Waals surface area (Å²) in [5, 5.41) is 0. The zero-order valence-corrected chi connectivity index (χ0v) is 11.8. The molecule has 7 heteroatoms. The molecular formula is C15H17F3N2O2. The molecule has 1 heterocycles. The van der Waals surface area contributed by atoms with Crippen LogP contribution in [0.2, 0.25) is 0 Å². The van der Waals surface area contributed by atoms with Gasteiger partial charge in [-0.15, -0.1) is 13.2 Å². The van der Waals surface area contributed by atoms with Gasteiger partial charge in [-0.25, -0.2) is 0 Å². The van der Waals surface area contributed by atoms with Gasteiger partial charge < -0.3 is 15.4 Å². The Balaban J connectivity index is 1.71. The topological polar surface area (TPSA) is 55.6 Å². The lowest BCUT2D eigenvalue weighted by Crippen LogP contribution is -2.33. The molecule has 2 fully saturated rings. The third kappa shape index (κ3) is 3.19. The highest BCUT2D eigenvalue weighted by atomic mass is 19.4. The van der Waals surface area contributed by atoms with E-state index < -0.39 is 6.36 Å². The monoisotopic (exact) mass is 314 g/mol. The molecule has 1 aliphatic carbocycles. The fraction of sp³-hybridized carbons (Fsp3) is 0.533. The van der Waals surface area contributed by atoms with Crippen LogP contribution in [0.4, 0.5) is 13.2 Å². The maximum absolute atomic E-state index is 12.4. The normalized spacial score (nSPS) is 27.8. The van der Waals surface area contributed by atoms with Crippen molar-refractivity contribution in [3.8, 4) is 5.75 Å². The molecular weight excluding hydrogens is 297 g/mol. The molecule has 1 aromatic carbocycles. The van der Waals surface area contributed by atoms with E-state index in [2.05, 4.69) is 4.74 Å². The summed E-state index contributed by atoms with van der Waals surface area (Å²) in [6, 6.07) is 6.03. The first-order chi connectivity index (χ1) is 10.3. The number of likely N-dealkylation sites (tertiary alicyclic amines) is 1. The lowest BCUT2D eigenvalue weighted by molar-refractivity contribution is -0.274. The zero-order chi connectivity index (χ0) is 15.9. The second-order valence-corrected chi connectivity index (χ2v) is 5.87. The molecule has 0 radical (unpaired) electrons. The fourth-order valence-corrected chi connectivity index (χ4v) is 3.04. The van der Waals surface area contributed by atoms with Gasteiger partial charge in [0.1, 0.15) is 5.75 Å². The van der Waals surface area contributed by atoms with E-state index in [4.69, 9.17) is 5.73 Å². The minimum Gasteiger partial charge on any atom is -0.405 e. The lowest BCUT2D eigenvalue weighted by Gasteiger charge is -2.16. The molecule has 1 aromatic rings. The van der Waals surface area contributed by atoms with Crippen LogP contribution < -0.4 is 10.5 Å². The predicted molar refractivity (Wildman–Crippen MR) is 73.1 cm³/mol. The Kier molecular flexibility index (Phi) is 3.76. The van der Waals surface area contributed by atoms with Crippen molar-refractivity contribution in [2.24, 2.45) is 11.7 Å². The molecule has 3 atom stereocenters. The van der Waals surface area contributed by atoms with Gasteiger partial charge in [-0.3, -0.25) is 4.79 Å². The fourth-order valence-electron chi connectivity index (χ4n) is 3.04. The molecule has 1 aliphatic heterocycles. The van der Waals surface area contributed by atoms with E-state index in [1.165, 1.54) is 12.1 Å². The summed E-state index contributed by atoms with van der Waals surface area (Å²) < 4.78 is 41.4. The number of amides is 1. The molecule has 2 aliphatic rings. The largest absolute Gasteiger partial charge is 0.573 e. The van der Waals surface area contributed by atoms with Gasteiger partial charge in [0.05, 0.1) is 0 Å². The van der Waals surface area contributed by atoms with Gasteiger partial charge in [0.25, 0.3) is 0 Å². The van der Waals surface area contributed by atoms with Crippen LogP contribution in [0.15, 0.2) is 24.3 Å². The van der Waals surface area contributed by atoms with E-state index in [0.717, 1.165) is 6.42 Å². The second kappa shape index (κ2) is 5.46. The Hall–Kier alpha value is -1.76. The third-order valence-corrected chi connectivity index (χ3v) is 4.19. The Morgan fingerprint density at radius 3 is 2.68 bits per heavy atom. The van der Waals surface area contributed by atoms with Crippen LogP contribution in [-0.2, 0) is 4.79 Å². The Morgan fingerprint density at radius 1 is 1.32 bits per heavy atom. The van der Waals surface area contributed by atoms with Gasteiger partial charge >= 0.3 is 6.36 Å². The van der Waals surface area contributed by atoms with Crippen molar-refractivity contribution in [3.63, 3.8) is 0 Å². The van der Waals surface area contributed by atoms with E-state index >= 15 is 0 Å². The SMILES string of the molecule is N[C@H]1CCN(C(=O)[C@@H]2C[C@@H]2c2ccccc2OC(F)(F)F)C1. The van der Waals surface area contributed by atoms with E-state index in [-0.39, 0.29) is 29.5 Å². The number of benzene rings is 1. The number of hydrogen-bond acceptors (Lipinski definition) is 3. The molecule has 1 saturated heterocycles. The summed E-state index contributed by atoms with van der Waals surface area (Å²) in [6.45, 7) is 1.16. The second-order valence-electron chi connectivity index (χ2n) is 5.87. The molecule has 0 aromatic heterocycles. The molecule has 1 amide bonds. The number of carbonyl (C=O) groups excluding carboxylic acids is 1. The maximum atomic E-state index is 12.4. The van der Waals surface area contributed by atoms with Gasteiger partial charge in [-0.05, 0) is 30.4 Å². The van der Waals surface area contributed by atoms with Crippen molar-refractivity contribution in [3.05, 3.63) is 29.8 Å². The first-order valence-corrected chi connectivity index (χ1v) is 7.24. The molecule has 1 saturated carbocycles. The highest BCUT2D eigenvalue weighted by Crippen LogP contribution is 2.51. The number of nitrogens with zero attached hydrogens (tertiary/aromatic N) is 1. The van der Waals surface area contributed by atoms with Crippen molar-refractivity contribution in [2.75, 3.05) is 13.1 Å². The van der Waals surface area contributed by atoms with Crippen LogP contribution in [0, 0.1) is 5.92 Å². The highest BCUT2D eigenvalue weighted by molar-refractivity contribution is 5.83. The summed E-state index contributed by atoms with van der Waals surface area (Å²) in [7, 11) is 0. The van der Waals surface area contributed by atoms with Crippen LogP contribution in [0.3, 0.4) is 0 Å². The highest BCUT2D eigenvalue weighted by Gasteiger charge is 2.48. The third-order valence-electron chi connectivity index (χ3n) is 4.19. The van der Waals surface area contributed by atoms with Crippen LogP contribution >= 0.6 is 0 Å². The number of hydrogen-bond donors (Lipinski definition) is 1. The van der Waals surface area contributed by atoms with E-state index in [1.54, 1.807) is 17.0 Å². The summed E-state index contributed by atoms with van der Waals surface area (Å²) in [5.74, 6) is -0.695. The average molecular weight is 314 g/mol. The number of para-hydroxylation sites is 1. The van der Waals surface area contributed by atoms with Crippen molar-refractivity contribution in [2.45, 2.75) is 31.2 Å². The molecule has 0 unspecified atom stereocenters. The van der Waals surface area contributed by atoms with Gasteiger partial charge in [0, 0.05) is 25.0 Å². The van der Waals surface area contributed by atoms with E-state index in [1.807, 2.05) is 0 Å². The minimum atomic E-state index is -4.73. The number of halogens is 3. The lowest BCUT2D eigenvalue weighted by atomic mass is 10.1. The molecule has 2 N–H and O–H groups in total. The molecule has 3 rings (SSSR count). The first-order valence-electron chi connectivity index (χ1n) is 7.24. The number of ether oxygens (including phenoxy) is 1. The predicted octanol–water partition coefficient (Wildman–Crippen LogP) is 2.25. The minimum absolute atomic E-state index is 0.00185. The summed E-state index contributed by atoms with van der Waals surface area (Å²) in [4.78, 5) is 14.1. The van der Waals surface area contributed by atoms with Crippen LogP contribution in [0.1, 0.15) is 24.3 Å². The number of carbonyl (C=O) groups is 1. The zero-order valence-electron chi connectivity index (χ0n) is 11.8. The van der Waals surface area contributed by atoms with Gasteiger partial charge in [0.15, 0.2) is 0 Å². The van der Waals surface area contributed by atoms with Gasteiger partial charge in [-0.2, -0.15) is 0 Å². The summed E-state index contributed by atoms with van der Waals surface area (Å²) >= 11 is 0. The van der Waals surface area contributed by atoms with Crippen LogP contribution in [0.25, 0.3) is 0 Å². The number of nitrogens with two attached hydrogens (primary N) is 1. The van der Waals surface area contributed by atoms with E-state index in [9.17, 15) is 18.0 Å². The Bertz CT molecular complexity index is 576. The Morgan fingerprint density at radius 2 is 2.05 bits per heavy atom. The van der Waals surface area contributed by atoms with Crippen molar-refractivity contribution >= 4 is 5.91 Å².